The molecule has 0 bridgehead atoms. The molecule has 43 heavy (non-hydrogen) atoms. The first kappa shape index (κ1) is 25.3. The van der Waals surface area contributed by atoms with Crippen molar-refractivity contribution < 1.29 is 4.42 Å². The van der Waals surface area contributed by atoms with Crippen LogP contribution in [0.1, 0.15) is 11.1 Å². The number of thiophene rings is 1. The summed E-state index contributed by atoms with van der Waals surface area (Å²) >= 11 is 1.81. The van der Waals surface area contributed by atoms with Crippen molar-refractivity contribution in [3.05, 3.63) is 145 Å². The van der Waals surface area contributed by atoms with Gasteiger partial charge in [0, 0.05) is 48.6 Å². The van der Waals surface area contributed by atoms with Gasteiger partial charge in [0.15, 0.2) is 0 Å². The van der Waals surface area contributed by atoms with E-state index in [-0.39, 0.29) is 0 Å². The maximum absolute atomic E-state index is 8.90. The second-order valence-corrected chi connectivity index (χ2v) is 11.6. The molecule has 0 amide bonds. The number of hydrogen-bond donors (Lipinski definition) is 3. The minimum Gasteiger partial charge on any atom is -0.455 e. The Morgan fingerprint density at radius 3 is 2.16 bits per heavy atom. The second kappa shape index (κ2) is 10.5. The molecule has 0 radical (unpaired) electrons. The van der Waals surface area contributed by atoms with Gasteiger partial charge in [-0.3, -0.25) is 5.41 Å². The van der Waals surface area contributed by atoms with E-state index >= 15 is 0 Å². The van der Waals surface area contributed by atoms with Gasteiger partial charge in [0.2, 0.25) is 0 Å². The molecule has 0 saturated carbocycles. The van der Waals surface area contributed by atoms with Crippen LogP contribution < -0.4 is 10.6 Å². The van der Waals surface area contributed by atoms with Gasteiger partial charge < -0.3 is 15.1 Å². The number of rotatable bonds is 7. The second-order valence-electron chi connectivity index (χ2n) is 10.5. The minimum atomic E-state index is 0.466. The van der Waals surface area contributed by atoms with Crippen molar-refractivity contribution in [1.29, 1.82) is 5.41 Å². The van der Waals surface area contributed by atoms with E-state index in [1.807, 2.05) is 78.1 Å². The normalized spacial score (nSPS) is 11.4. The van der Waals surface area contributed by atoms with Crippen LogP contribution in [-0.2, 0) is 0 Å². The van der Waals surface area contributed by atoms with Crippen molar-refractivity contribution in [2.45, 2.75) is 0 Å². The van der Waals surface area contributed by atoms with Crippen molar-refractivity contribution >= 4 is 70.5 Å². The summed E-state index contributed by atoms with van der Waals surface area (Å²) in [5.74, 6) is 0. The molecule has 8 rings (SSSR count). The molecule has 0 aliphatic carbocycles. The van der Waals surface area contributed by atoms with Crippen LogP contribution in [-0.4, -0.2) is 12.4 Å². The van der Waals surface area contributed by atoms with Crippen LogP contribution in [0.25, 0.3) is 53.2 Å². The molecule has 3 N–H and O–H groups in total. The molecule has 0 spiro atoms. The van der Waals surface area contributed by atoms with Gasteiger partial charge in [-0.2, -0.15) is 0 Å². The largest absolute Gasteiger partial charge is 0.455 e. The first-order valence-electron chi connectivity index (χ1n) is 14.3. The summed E-state index contributed by atoms with van der Waals surface area (Å²) in [6, 6.07) is 45.3. The number of benzene rings is 6. The van der Waals surface area contributed by atoms with E-state index in [4.69, 9.17) is 9.83 Å². The summed E-state index contributed by atoms with van der Waals surface area (Å²) in [7, 11) is 0. The Labute approximate surface area is 252 Å². The highest BCUT2D eigenvalue weighted by molar-refractivity contribution is 7.26. The predicted molar refractivity (Wildman–Crippen MR) is 183 cm³/mol. The van der Waals surface area contributed by atoms with Crippen LogP contribution in [0.2, 0.25) is 0 Å². The van der Waals surface area contributed by atoms with Gasteiger partial charge in [-0.25, -0.2) is 0 Å². The Kier molecular flexibility index (Phi) is 6.16. The average Bonchev–Trinajstić information content (AvgIpc) is 3.64. The average molecular weight is 574 g/mol. The van der Waals surface area contributed by atoms with Gasteiger partial charge in [-0.1, -0.05) is 115 Å². The summed E-state index contributed by atoms with van der Waals surface area (Å²) in [4.78, 5) is 0. The van der Waals surface area contributed by atoms with Crippen LogP contribution in [0.5, 0.6) is 0 Å². The lowest BCUT2D eigenvalue weighted by atomic mass is 9.96. The predicted octanol–water partition coefficient (Wildman–Crippen LogP) is 10.5. The summed E-state index contributed by atoms with van der Waals surface area (Å²) in [5.41, 5.74) is 8.10. The number of para-hydroxylation sites is 2. The molecule has 4 nitrogen and oxygen atoms in total. The summed E-state index contributed by atoms with van der Waals surface area (Å²) in [6.07, 6.45) is 0. The zero-order valence-corrected chi connectivity index (χ0v) is 24.0. The van der Waals surface area contributed by atoms with Crippen molar-refractivity contribution in [2.75, 3.05) is 17.3 Å². The highest BCUT2D eigenvalue weighted by atomic mass is 32.1. The Hall–Kier alpha value is -5.39. The Morgan fingerprint density at radius 1 is 0.651 bits per heavy atom. The van der Waals surface area contributed by atoms with E-state index in [1.54, 1.807) is 0 Å². The highest BCUT2D eigenvalue weighted by Gasteiger charge is 2.24. The van der Waals surface area contributed by atoms with Gasteiger partial charge in [-0.15, -0.1) is 11.3 Å². The number of anilines is 2. The molecule has 0 aliphatic heterocycles. The van der Waals surface area contributed by atoms with Gasteiger partial charge >= 0.3 is 0 Å². The molecule has 8 aromatic rings. The molecule has 2 aromatic heterocycles. The van der Waals surface area contributed by atoms with Crippen molar-refractivity contribution in [1.82, 2.24) is 0 Å². The third-order valence-corrected chi connectivity index (χ3v) is 9.20. The molecule has 0 saturated heterocycles. The Balaban J connectivity index is 1.30. The van der Waals surface area contributed by atoms with Crippen LogP contribution in [0.4, 0.5) is 11.4 Å². The third-order valence-electron chi connectivity index (χ3n) is 8.01. The molecule has 6 aromatic carbocycles. The lowest BCUT2D eigenvalue weighted by molar-refractivity contribution is 0.670. The van der Waals surface area contributed by atoms with Gasteiger partial charge in [0.25, 0.3) is 0 Å². The zero-order valence-electron chi connectivity index (χ0n) is 23.2. The summed E-state index contributed by atoms with van der Waals surface area (Å²) in [6.45, 7) is 0.466. The van der Waals surface area contributed by atoms with E-state index in [2.05, 4.69) is 77.4 Å². The fraction of sp³-hybridized carbons (Fsp3) is 0.0263. The van der Waals surface area contributed by atoms with Crippen molar-refractivity contribution in [3.63, 3.8) is 0 Å². The number of hydrogen-bond acceptors (Lipinski definition) is 5. The third kappa shape index (κ3) is 4.25. The SMILES string of the molecule is N=C(c1ccccc1)c1ccccc1NCNc1c(-c2ccccc2)c2oc3ccccc3c2c2c1sc1ccccc12. The molecule has 2 heterocycles. The number of fused-ring (bicyclic) bond motifs is 7. The van der Waals surface area contributed by atoms with Crippen LogP contribution in [0.15, 0.2) is 138 Å². The maximum Gasteiger partial charge on any atom is 0.146 e. The van der Waals surface area contributed by atoms with E-state index in [0.717, 1.165) is 55.6 Å². The van der Waals surface area contributed by atoms with E-state index in [0.29, 0.717) is 12.4 Å². The molecule has 5 heteroatoms. The monoisotopic (exact) mass is 573 g/mol. The van der Waals surface area contributed by atoms with Gasteiger partial charge in [0.05, 0.1) is 22.8 Å². The minimum absolute atomic E-state index is 0.466. The Morgan fingerprint density at radius 2 is 1.33 bits per heavy atom. The lowest BCUT2D eigenvalue weighted by Crippen LogP contribution is -2.15. The molecular formula is C38H27N3OS. The van der Waals surface area contributed by atoms with E-state index in [9.17, 15) is 0 Å². The van der Waals surface area contributed by atoms with Crippen molar-refractivity contribution in [2.24, 2.45) is 0 Å². The molecule has 0 fully saturated rings. The van der Waals surface area contributed by atoms with Crippen LogP contribution >= 0.6 is 11.3 Å². The number of furan rings is 1. The van der Waals surface area contributed by atoms with E-state index in [1.165, 1.54) is 20.2 Å². The molecule has 0 atom stereocenters. The molecular weight excluding hydrogens is 547 g/mol. The fourth-order valence-corrected chi connectivity index (χ4v) is 7.30. The first-order valence-corrected chi connectivity index (χ1v) is 15.1. The summed E-state index contributed by atoms with van der Waals surface area (Å²) in [5, 5.41) is 21.0. The number of nitrogens with one attached hydrogen (secondary N) is 3. The van der Waals surface area contributed by atoms with Crippen LogP contribution in [0.3, 0.4) is 0 Å². The zero-order chi connectivity index (χ0) is 28.8. The van der Waals surface area contributed by atoms with Crippen molar-refractivity contribution in [3.8, 4) is 11.1 Å². The topological polar surface area (TPSA) is 61.1 Å². The summed E-state index contributed by atoms with van der Waals surface area (Å²) < 4.78 is 9.13. The van der Waals surface area contributed by atoms with Gasteiger partial charge in [-0.05, 0) is 23.8 Å². The standard InChI is InChI=1S/C38H27N3OS/c39-35(25-15-5-2-6-16-25)26-17-7-10-20-29(26)40-23-41-36-32(24-13-3-1-4-14-24)37-33(27-18-8-11-21-30(27)42-37)34-28-19-9-12-22-31(28)43-38(34)36/h1-22,39-41H,23H2. The highest BCUT2D eigenvalue weighted by Crippen LogP contribution is 2.51. The molecule has 0 aliphatic rings. The van der Waals surface area contributed by atoms with Crippen LogP contribution in [0, 0.1) is 5.41 Å². The van der Waals surface area contributed by atoms with E-state index < -0.39 is 0 Å². The Bertz CT molecular complexity index is 2280. The quantitative estimate of drug-likeness (QED) is 0.131. The smallest absolute Gasteiger partial charge is 0.146 e. The molecule has 0 unspecified atom stereocenters. The molecule has 206 valence electrons. The lowest BCUT2D eigenvalue weighted by Gasteiger charge is -2.18. The maximum atomic E-state index is 8.90. The first-order chi connectivity index (χ1) is 21.3. The van der Waals surface area contributed by atoms with Gasteiger partial charge in [0.1, 0.15) is 11.2 Å². The fourth-order valence-electron chi connectivity index (χ4n) is 6.06.